The molecule has 6 heteroatoms. The first kappa shape index (κ1) is 25.1. The number of aliphatic carboxylic acids is 1. The largest absolute Gasteiger partial charge is 0.481 e. The van der Waals surface area contributed by atoms with Crippen LogP contribution in [-0.4, -0.2) is 20.6 Å². The Balaban J connectivity index is 0.00000119. The number of aryl methyl sites for hydroxylation is 1. The third kappa shape index (κ3) is 16.1. The molecule has 0 amide bonds. The van der Waals surface area contributed by atoms with Gasteiger partial charge in [0, 0.05) is 25.2 Å². The van der Waals surface area contributed by atoms with Gasteiger partial charge in [-0.2, -0.15) is 0 Å². The first-order valence-electron chi connectivity index (χ1n) is 10.5. The minimum Gasteiger partial charge on any atom is -0.481 e. The molecule has 0 atom stereocenters. The molecule has 1 aromatic rings. The lowest BCUT2D eigenvalue weighted by Crippen LogP contribution is -2.28. The summed E-state index contributed by atoms with van der Waals surface area (Å²) in [6.07, 6.45) is 17.5. The van der Waals surface area contributed by atoms with E-state index in [1.165, 1.54) is 70.3 Å². The number of carboxylic acid groups (broad SMARTS) is 1. The second kappa shape index (κ2) is 17.6. The molecule has 2 N–H and O–H groups in total. The molecular weight excluding hydrogens is 344 g/mol. The molecule has 1 heterocycles. The fraction of sp³-hybridized carbons (Fsp3) is 0.762. The van der Waals surface area contributed by atoms with Crippen LogP contribution in [0.1, 0.15) is 97.3 Å². The zero-order chi connectivity index (χ0) is 20.3. The Morgan fingerprint density at radius 1 is 0.889 bits per heavy atom. The number of H-pyrrole nitrogens is 1. The Labute approximate surface area is 163 Å². The number of rotatable bonds is 14. The highest BCUT2D eigenvalue weighted by atomic mass is 16.4. The molecule has 0 saturated carbocycles. The second-order valence-corrected chi connectivity index (χ2v) is 6.94. The van der Waals surface area contributed by atoms with E-state index in [9.17, 15) is 14.4 Å². The van der Waals surface area contributed by atoms with Gasteiger partial charge in [0.25, 0.3) is 5.56 Å². The van der Waals surface area contributed by atoms with Gasteiger partial charge in [0.2, 0.25) is 0 Å². The standard InChI is InChI=1S/C18H32N2O2.C3H6O2/c1-2-3-4-5-6-7-8-9-10-11-12-13-15-20-16-14-17(21)19-18(20)22;1-2-3(4)5/h14,16H,2-13,15H2,1H3,(H,19,21,22);2H2,1H3,(H,4,5). The Morgan fingerprint density at radius 2 is 1.33 bits per heavy atom. The summed E-state index contributed by atoms with van der Waals surface area (Å²) in [6.45, 7) is 4.56. The summed E-state index contributed by atoms with van der Waals surface area (Å²) < 4.78 is 1.58. The predicted octanol–water partition coefficient (Wildman–Crippen LogP) is 4.72. The molecule has 1 rings (SSSR count). The van der Waals surface area contributed by atoms with Gasteiger partial charge in [0.05, 0.1) is 0 Å². The van der Waals surface area contributed by atoms with Crippen LogP contribution < -0.4 is 11.2 Å². The molecule has 6 nitrogen and oxygen atoms in total. The molecule has 0 spiro atoms. The molecule has 0 aliphatic heterocycles. The minimum absolute atomic E-state index is 0.222. The van der Waals surface area contributed by atoms with Gasteiger partial charge in [-0.25, -0.2) is 4.79 Å². The van der Waals surface area contributed by atoms with Gasteiger partial charge in [-0.3, -0.25) is 14.6 Å². The third-order valence-corrected chi connectivity index (χ3v) is 4.45. The van der Waals surface area contributed by atoms with Crippen molar-refractivity contribution in [1.29, 1.82) is 0 Å². The molecule has 0 bridgehead atoms. The summed E-state index contributed by atoms with van der Waals surface area (Å²) in [5.41, 5.74) is -0.619. The first-order valence-corrected chi connectivity index (χ1v) is 10.5. The van der Waals surface area contributed by atoms with Crippen molar-refractivity contribution in [3.8, 4) is 0 Å². The van der Waals surface area contributed by atoms with Crippen LogP contribution in [0.15, 0.2) is 21.9 Å². The number of hydrogen-bond acceptors (Lipinski definition) is 3. The van der Waals surface area contributed by atoms with Crippen molar-refractivity contribution in [2.75, 3.05) is 0 Å². The molecule has 0 aliphatic carbocycles. The minimum atomic E-state index is -0.745. The second-order valence-electron chi connectivity index (χ2n) is 6.94. The molecule has 0 saturated heterocycles. The van der Waals surface area contributed by atoms with Gasteiger partial charge in [0.1, 0.15) is 0 Å². The van der Waals surface area contributed by atoms with Crippen LogP contribution in [0.4, 0.5) is 0 Å². The maximum absolute atomic E-state index is 11.5. The van der Waals surface area contributed by atoms with E-state index in [2.05, 4.69) is 11.9 Å². The predicted molar refractivity (Wildman–Crippen MR) is 110 cm³/mol. The highest BCUT2D eigenvalue weighted by molar-refractivity contribution is 5.66. The SMILES string of the molecule is CCC(=O)O.CCCCCCCCCCCCCCn1ccc(=O)[nH]c1=O. The summed E-state index contributed by atoms with van der Waals surface area (Å²) in [5, 5.41) is 7.72. The monoisotopic (exact) mass is 382 g/mol. The van der Waals surface area contributed by atoms with Gasteiger partial charge in [0.15, 0.2) is 0 Å². The van der Waals surface area contributed by atoms with E-state index in [1.54, 1.807) is 17.7 Å². The van der Waals surface area contributed by atoms with Crippen molar-refractivity contribution in [2.24, 2.45) is 0 Å². The van der Waals surface area contributed by atoms with Crippen molar-refractivity contribution in [2.45, 2.75) is 104 Å². The topological polar surface area (TPSA) is 92.2 Å². The van der Waals surface area contributed by atoms with E-state index in [0.29, 0.717) is 6.54 Å². The van der Waals surface area contributed by atoms with E-state index in [4.69, 9.17) is 5.11 Å². The fourth-order valence-electron chi connectivity index (χ4n) is 2.74. The van der Waals surface area contributed by atoms with Gasteiger partial charge in [-0.1, -0.05) is 84.5 Å². The first-order chi connectivity index (χ1) is 13.0. The van der Waals surface area contributed by atoms with E-state index in [-0.39, 0.29) is 17.7 Å². The zero-order valence-electron chi connectivity index (χ0n) is 17.2. The summed E-state index contributed by atoms with van der Waals surface area (Å²) >= 11 is 0. The van der Waals surface area contributed by atoms with Gasteiger partial charge >= 0.3 is 11.7 Å². The number of aromatic nitrogens is 2. The highest BCUT2D eigenvalue weighted by Crippen LogP contribution is 2.11. The van der Waals surface area contributed by atoms with Crippen LogP contribution in [0.25, 0.3) is 0 Å². The fourth-order valence-corrected chi connectivity index (χ4v) is 2.74. The lowest BCUT2D eigenvalue weighted by atomic mass is 10.1. The molecule has 1 aromatic heterocycles. The highest BCUT2D eigenvalue weighted by Gasteiger charge is 1.97. The van der Waals surface area contributed by atoms with Crippen molar-refractivity contribution in [3.63, 3.8) is 0 Å². The van der Waals surface area contributed by atoms with E-state index < -0.39 is 5.97 Å². The van der Waals surface area contributed by atoms with Crippen molar-refractivity contribution in [1.82, 2.24) is 9.55 Å². The van der Waals surface area contributed by atoms with Gasteiger partial charge in [-0.05, 0) is 6.42 Å². The van der Waals surface area contributed by atoms with E-state index >= 15 is 0 Å². The van der Waals surface area contributed by atoms with Gasteiger partial charge in [-0.15, -0.1) is 0 Å². The molecule has 0 unspecified atom stereocenters. The summed E-state index contributed by atoms with van der Waals surface area (Å²) in [7, 11) is 0. The quantitative estimate of drug-likeness (QED) is 0.455. The van der Waals surface area contributed by atoms with Crippen molar-refractivity contribution >= 4 is 5.97 Å². The number of aromatic amines is 1. The molecule has 0 radical (unpaired) electrons. The van der Waals surface area contributed by atoms with Crippen LogP contribution in [0.2, 0.25) is 0 Å². The average molecular weight is 383 g/mol. The summed E-state index contributed by atoms with van der Waals surface area (Å²) in [4.78, 5) is 34.1. The summed E-state index contributed by atoms with van der Waals surface area (Å²) in [6, 6.07) is 1.40. The Kier molecular flexibility index (Phi) is 16.4. The normalized spacial score (nSPS) is 10.3. The Morgan fingerprint density at radius 3 is 1.74 bits per heavy atom. The Bertz CT molecular complexity index is 592. The maximum Gasteiger partial charge on any atom is 0.328 e. The van der Waals surface area contributed by atoms with Crippen molar-refractivity contribution in [3.05, 3.63) is 33.1 Å². The number of hydrogen-bond donors (Lipinski definition) is 2. The van der Waals surface area contributed by atoms with Crippen molar-refractivity contribution < 1.29 is 9.90 Å². The van der Waals surface area contributed by atoms with Crippen LogP contribution in [0, 0.1) is 0 Å². The lowest BCUT2D eigenvalue weighted by molar-refractivity contribution is -0.136. The molecular formula is C21H38N2O4. The molecule has 0 aromatic carbocycles. The Hall–Kier alpha value is -1.85. The number of unbranched alkanes of at least 4 members (excludes halogenated alkanes) is 11. The number of carboxylic acids is 1. The average Bonchev–Trinajstić information content (AvgIpc) is 2.64. The van der Waals surface area contributed by atoms with E-state index in [1.807, 2.05) is 0 Å². The van der Waals surface area contributed by atoms with Crippen LogP contribution in [0.3, 0.4) is 0 Å². The van der Waals surface area contributed by atoms with E-state index in [0.717, 1.165) is 12.8 Å². The third-order valence-electron chi connectivity index (χ3n) is 4.45. The van der Waals surface area contributed by atoms with Gasteiger partial charge < -0.3 is 9.67 Å². The van der Waals surface area contributed by atoms with Crippen LogP contribution >= 0.6 is 0 Å². The maximum atomic E-state index is 11.5. The summed E-state index contributed by atoms with van der Waals surface area (Å²) in [5.74, 6) is -0.745. The number of carbonyl (C=O) groups is 1. The van der Waals surface area contributed by atoms with Crippen LogP contribution in [-0.2, 0) is 11.3 Å². The molecule has 27 heavy (non-hydrogen) atoms. The molecule has 0 aliphatic rings. The lowest BCUT2D eigenvalue weighted by Gasteiger charge is -2.05. The molecule has 156 valence electrons. The smallest absolute Gasteiger partial charge is 0.328 e. The zero-order valence-corrected chi connectivity index (χ0v) is 17.2. The number of nitrogens with zero attached hydrogens (tertiary/aromatic N) is 1. The number of nitrogens with one attached hydrogen (secondary N) is 1. The van der Waals surface area contributed by atoms with Crippen LogP contribution in [0.5, 0.6) is 0 Å². The molecule has 0 fully saturated rings.